The van der Waals surface area contributed by atoms with E-state index in [0.29, 0.717) is 10.8 Å². The van der Waals surface area contributed by atoms with E-state index in [-0.39, 0.29) is 16.7 Å². The van der Waals surface area contributed by atoms with E-state index in [1.807, 2.05) is 37.3 Å². The highest BCUT2D eigenvalue weighted by Crippen LogP contribution is 2.38. The van der Waals surface area contributed by atoms with Crippen molar-refractivity contribution in [1.29, 1.82) is 0 Å². The van der Waals surface area contributed by atoms with Gasteiger partial charge in [-0.1, -0.05) is 102 Å². The Morgan fingerprint density at radius 3 is 1.74 bits per heavy atom. The van der Waals surface area contributed by atoms with E-state index in [0.717, 1.165) is 22.3 Å². The fourth-order valence-corrected chi connectivity index (χ4v) is 7.47. The van der Waals surface area contributed by atoms with Gasteiger partial charge in [-0.2, -0.15) is 0 Å². The molecule has 0 saturated heterocycles. The highest BCUT2D eigenvalue weighted by molar-refractivity contribution is 7.89. The van der Waals surface area contributed by atoms with Crippen LogP contribution in [0.5, 0.6) is 0 Å². The number of hydrogen-bond acceptors (Lipinski definition) is 4. The summed E-state index contributed by atoms with van der Waals surface area (Å²) in [6.07, 6.45) is 0. The van der Waals surface area contributed by atoms with E-state index < -0.39 is 32.7 Å². The molecule has 0 aliphatic heterocycles. The van der Waals surface area contributed by atoms with E-state index in [9.17, 15) is 12.6 Å². The van der Waals surface area contributed by atoms with Gasteiger partial charge in [-0.05, 0) is 72.9 Å². The van der Waals surface area contributed by atoms with Crippen LogP contribution in [-0.4, -0.2) is 18.2 Å². The summed E-state index contributed by atoms with van der Waals surface area (Å²) in [6.45, 7) is 18.2. The molecule has 0 saturated carbocycles. The number of hydrogen-bond donors (Lipinski definition) is 1. The SMILES string of the molecule is Cc1ccc(S(=O)(=O)N[C@H](c2ccccc2)C(C)(C)O[S@@](=O)c2c(C(C)C)cc(C(C)C)cc2C(C)C)cc1. The summed E-state index contributed by atoms with van der Waals surface area (Å²) in [5.41, 5.74) is 3.72. The molecular weight excluding hydrogens is 526 g/mol. The molecule has 0 aromatic heterocycles. The van der Waals surface area contributed by atoms with Gasteiger partial charge < -0.3 is 0 Å². The molecule has 0 aliphatic rings. The molecular formula is C32H43NO4S2. The standard InChI is InChI=1S/C32H43NO4S2/c1-21(2)26-19-28(22(3)4)30(29(20-26)23(5)6)38(34)37-32(8,9)31(25-13-11-10-12-14-25)33-39(35,36)27-17-15-24(7)16-18-27/h10-23,31,33H,1-9H3/t31-,38-/m1/s1. The normalized spacial score (nSPS) is 14.3. The maximum atomic E-state index is 14.1. The molecule has 212 valence electrons. The first-order valence-electron chi connectivity index (χ1n) is 13.6. The van der Waals surface area contributed by atoms with Crippen LogP contribution in [0.25, 0.3) is 0 Å². The fraction of sp³-hybridized carbons (Fsp3) is 0.438. The Morgan fingerprint density at radius 1 is 0.769 bits per heavy atom. The molecule has 5 nitrogen and oxygen atoms in total. The number of rotatable bonds is 11. The average Bonchev–Trinajstić information content (AvgIpc) is 2.86. The zero-order valence-electron chi connectivity index (χ0n) is 24.6. The van der Waals surface area contributed by atoms with E-state index in [1.54, 1.807) is 38.1 Å². The minimum absolute atomic E-state index is 0.136. The molecule has 0 amide bonds. The highest BCUT2D eigenvalue weighted by atomic mass is 32.2. The first kappa shape index (κ1) is 31.2. The third kappa shape index (κ3) is 7.46. The number of sulfonamides is 1. The lowest BCUT2D eigenvalue weighted by Gasteiger charge is -2.35. The summed E-state index contributed by atoms with van der Waals surface area (Å²) in [4.78, 5) is 0.852. The summed E-state index contributed by atoms with van der Waals surface area (Å²) in [6, 6.07) is 19.5. The zero-order valence-corrected chi connectivity index (χ0v) is 26.2. The lowest BCUT2D eigenvalue weighted by Crippen LogP contribution is -2.44. The van der Waals surface area contributed by atoms with Crippen LogP contribution in [0.4, 0.5) is 0 Å². The van der Waals surface area contributed by atoms with Crippen molar-refractivity contribution in [1.82, 2.24) is 4.72 Å². The largest absolute Gasteiger partial charge is 0.279 e. The van der Waals surface area contributed by atoms with Crippen LogP contribution in [0.15, 0.2) is 76.5 Å². The Kier molecular flexibility index (Phi) is 9.97. The minimum atomic E-state index is -3.90. The van der Waals surface area contributed by atoms with Crippen LogP contribution < -0.4 is 4.72 Å². The molecule has 0 heterocycles. The topological polar surface area (TPSA) is 72.5 Å². The van der Waals surface area contributed by atoms with Crippen molar-refractivity contribution >= 4 is 21.1 Å². The van der Waals surface area contributed by atoms with Gasteiger partial charge in [0.05, 0.1) is 15.8 Å². The second-order valence-corrected chi connectivity index (χ2v) is 14.5. The molecule has 0 aliphatic carbocycles. The van der Waals surface area contributed by atoms with Crippen molar-refractivity contribution in [3.63, 3.8) is 0 Å². The second-order valence-electron chi connectivity index (χ2n) is 11.7. The molecule has 0 bridgehead atoms. The van der Waals surface area contributed by atoms with Crippen LogP contribution in [0.1, 0.15) is 107 Å². The minimum Gasteiger partial charge on any atom is -0.279 e. The molecule has 3 aromatic carbocycles. The zero-order chi connectivity index (χ0) is 29.1. The van der Waals surface area contributed by atoms with E-state index in [1.165, 1.54) is 5.56 Å². The number of benzene rings is 3. The molecule has 39 heavy (non-hydrogen) atoms. The number of nitrogens with one attached hydrogen (secondary N) is 1. The summed E-state index contributed by atoms with van der Waals surface area (Å²) in [5, 5.41) is 0. The Bertz CT molecular complexity index is 1360. The monoisotopic (exact) mass is 569 g/mol. The van der Waals surface area contributed by atoms with Gasteiger partial charge in [0.25, 0.3) is 0 Å². The molecule has 3 rings (SSSR count). The first-order chi connectivity index (χ1) is 18.1. The summed E-state index contributed by atoms with van der Waals surface area (Å²) in [7, 11) is -3.90. The first-order valence-corrected chi connectivity index (χ1v) is 16.1. The quantitative estimate of drug-likeness (QED) is 0.255. The van der Waals surface area contributed by atoms with Crippen molar-refractivity contribution in [2.75, 3.05) is 0 Å². The van der Waals surface area contributed by atoms with Crippen molar-refractivity contribution in [3.05, 3.63) is 94.5 Å². The van der Waals surface area contributed by atoms with Crippen LogP contribution in [0, 0.1) is 6.92 Å². The van der Waals surface area contributed by atoms with E-state index >= 15 is 0 Å². The fourth-order valence-electron chi connectivity index (χ4n) is 4.56. The Balaban J connectivity index is 2.08. The van der Waals surface area contributed by atoms with E-state index in [4.69, 9.17) is 4.18 Å². The summed E-state index contributed by atoms with van der Waals surface area (Å²) >= 11 is -1.84. The lowest BCUT2D eigenvalue weighted by atomic mass is 9.89. The highest BCUT2D eigenvalue weighted by Gasteiger charge is 2.38. The molecule has 0 fully saturated rings. The third-order valence-electron chi connectivity index (χ3n) is 6.97. The maximum Gasteiger partial charge on any atom is 0.241 e. The van der Waals surface area contributed by atoms with Gasteiger partial charge in [-0.3, -0.25) is 4.18 Å². The van der Waals surface area contributed by atoms with Crippen molar-refractivity contribution in [2.24, 2.45) is 0 Å². The van der Waals surface area contributed by atoms with Crippen LogP contribution in [0.2, 0.25) is 0 Å². The molecule has 3 aromatic rings. The Labute approximate surface area is 238 Å². The molecule has 0 spiro atoms. The molecule has 7 heteroatoms. The van der Waals surface area contributed by atoms with Crippen molar-refractivity contribution < 1.29 is 16.8 Å². The average molecular weight is 570 g/mol. The van der Waals surface area contributed by atoms with Crippen LogP contribution >= 0.6 is 0 Å². The van der Waals surface area contributed by atoms with Gasteiger partial charge in [0.1, 0.15) is 5.60 Å². The summed E-state index contributed by atoms with van der Waals surface area (Å²) < 4.78 is 50.3. The Morgan fingerprint density at radius 2 is 1.28 bits per heavy atom. The van der Waals surface area contributed by atoms with Crippen molar-refractivity contribution in [3.8, 4) is 0 Å². The molecule has 1 N–H and O–H groups in total. The van der Waals surface area contributed by atoms with Gasteiger partial charge in [0.2, 0.25) is 10.0 Å². The van der Waals surface area contributed by atoms with Gasteiger partial charge in [-0.25, -0.2) is 17.3 Å². The second kappa shape index (κ2) is 12.5. The van der Waals surface area contributed by atoms with Gasteiger partial charge in [0.15, 0.2) is 11.1 Å². The summed E-state index contributed by atoms with van der Waals surface area (Å²) in [5.74, 6) is 0.604. The van der Waals surface area contributed by atoms with E-state index in [2.05, 4.69) is 58.4 Å². The Hall–Kier alpha value is -2.32. The smallest absolute Gasteiger partial charge is 0.241 e. The maximum absolute atomic E-state index is 14.1. The van der Waals surface area contributed by atoms with Gasteiger partial charge >= 0.3 is 0 Å². The molecule has 0 unspecified atom stereocenters. The molecule has 0 radical (unpaired) electrons. The lowest BCUT2D eigenvalue weighted by molar-refractivity contribution is 0.0895. The predicted molar refractivity (Wildman–Crippen MR) is 161 cm³/mol. The van der Waals surface area contributed by atoms with Crippen LogP contribution in [0.3, 0.4) is 0 Å². The predicted octanol–water partition coefficient (Wildman–Crippen LogP) is 7.90. The number of aryl methyl sites for hydroxylation is 1. The third-order valence-corrected chi connectivity index (χ3v) is 9.79. The van der Waals surface area contributed by atoms with Crippen LogP contribution in [-0.2, 0) is 25.3 Å². The van der Waals surface area contributed by atoms with Crippen molar-refractivity contribution in [2.45, 2.75) is 102 Å². The van der Waals surface area contributed by atoms with Gasteiger partial charge in [-0.15, -0.1) is 0 Å². The van der Waals surface area contributed by atoms with Gasteiger partial charge in [0, 0.05) is 0 Å². The molecule has 2 atom stereocenters.